The molecule has 2 aromatic heterocycles. The molecule has 0 aliphatic carbocycles. The van der Waals surface area contributed by atoms with Crippen LogP contribution in [0.5, 0.6) is 0 Å². The third-order valence-corrected chi connectivity index (χ3v) is 4.57. The molecule has 92 valence electrons. The van der Waals surface area contributed by atoms with Gasteiger partial charge in [0.15, 0.2) is 0 Å². The van der Waals surface area contributed by atoms with Crippen LogP contribution in [0, 0.1) is 0 Å². The van der Waals surface area contributed by atoms with E-state index in [4.69, 9.17) is 10.8 Å². The number of thioether (sulfide) groups is 1. The zero-order valence-corrected chi connectivity index (χ0v) is 11.3. The van der Waals surface area contributed by atoms with E-state index in [1.165, 1.54) is 4.88 Å². The molecule has 17 heavy (non-hydrogen) atoms. The fourth-order valence-electron chi connectivity index (χ4n) is 1.48. The van der Waals surface area contributed by atoms with Crippen LogP contribution < -0.4 is 5.73 Å². The molecule has 0 aliphatic rings. The number of aliphatic hydroxyl groups is 1. The van der Waals surface area contributed by atoms with E-state index in [-0.39, 0.29) is 6.61 Å². The molecule has 2 rings (SSSR count). The Morgan fingerprint density at radius 2 is 2.29 bits per heavy atom. The monoisotopic (exact) mass is 269 g/mol. The predicted molar refractivity (Wildman–Crippen MR) is 73.6 cm³/mol. The topological polar surface area (TPSA) is 72.0 Å². The summed E-state index contributed by atoms with van der Waals surface area (Å²) in [4.78, 5) is 10.8. The maximum absolute atomic E-state index is 8.79. The van der Waals surface area contributed by atoms with Crippen molar-refractivity contribution in [2.24, 2.45) is 0 Å². The number of anilines is 1. The zero-order valence-electron chi connectivity index (χ0n) is 9.64. The molecular formula is C11H15N3OS2. The van der Waals surface area contributed by atoms with Crippen molar-refractivity contribution in [1.29, 1.82) is 0 Å². The first-order chi connectivity index (χ1) is 8.24. The van der Waals surface area contributed by atoms with Crippen LogP contribution in [-0.4, -0.2) is 27.4 Å². The third kappa shape index (κ3) is 2.88. The average molecular weight is 269 g/mol. The maximum Gasteiger partial charge on any atom is 0.222 e. The van der Waals surface area contributed by atoms with Gasteiger partial charge in [0.2, 0.25) is 5.95 Å². The van der Waals surface area contributed by atoms with Crippen LogP contribution in [0.3, 0.4) is 0 Å². The number of hydrogen-bond acceptors (Lipinski definition) is 6. The molecule has 2 aromatic rings. The summed E-state index contributed by atoms with van der Waals surface area (Å²) in [5, 5.41) is 10.8. The largest absolute Gasteiger partial charge is 0.396 e. The van der Waals surface area contributed by atoms with Crippen LogP contribution >= 0.6 is 23.1 Å². The van der Waals surface area contributed by atoms with Gasteiger partial charge >= 0.3 is 0 Å². The van der Waals surface area contributed by atoms with Crippen LogP contribution in [0.2, 0.25) is 0 Å². The number of nitrogens with two attached hydrogens (primary N) is 1. The molecule has 0 radical (unpaired) electrons. The van der Waals surface area contributed by atoms with E-state index in [0.717, 1.165) is 33.8 Å². The SMILES string of the molecule is CCc1cc2c(SCCCO)nc(N)nc2s1. The molecule has 4 nitrogen and oxygen atoms in total. The van der Waals surface area contributed by atoms with Gasteiger partial charge in [-0.15, -0.1) is 23.1 Å². The van der Waals surface area contributed by atoms with E-state index in [1.54, 1.807) is 23.1 Å². The number of rotatable bonds is 5. The van der Waals surface area contributed by atoms with Gasteiger partial charge in [0.25, 0.3) is 0 Å². The van der Waals surface area contributed by atoms with Gasteiger partial charge in [-0.2, -0.15) is 0 Å². The van der Waals surface area contributed by atoms with Crippen LogP contribution in [0.4, 0.5) is 5.95 Å². The van der Waals surface area contributed by atoms with Gasteiger partial charge in [0.1, 0.15) is 9.86 Å². The molecular weight excluding hydrogens is 254 g/mol. The number of nitrogens with zero attached hydrogens (tertiary/aromatic N) is 2. The van der Waals surface area contributed by atoms with Gasteiger partial charge in [-0.3, -0.25) is 0 Å². The summed E-state index contributed by atoms with van der Waals surface area (Å²) >= 11 is 3.30. The molecule has 0 atom stereocenters. The second-order valence-electron chi connectivity index (χ2n) is 3.60. The Morgan fingerprint density at radius 1 is 1.47 bits per heavy atom. The highest BCUT2D eigenvalue weighted by molar-refractivity contribution is 7.99. The molecule has 6 heteroatoms. The highest BCUT2D eigenvalue weighted by atomic mass is 32.2. The van der Waals surface area contributed by atoms with E-state index in [9.17, 15) is 0 Å². The van der Waals surface area contributed by atoms with E-state index < -0.39 is 0 Å². The first-order valence-electron chi connectivity index (χ1n) is 5.54. The van der Waals surface area contributed by atoms with Gasteiger partial charge < -0.3 is 10.8 Å². The Kier molecular flexibility index (Phi) is 4.20. The number of nitrogen functional groups attached to an aromatic ring is 1. The Hall–Kier alpha value is -0.850. The van der Waals surface area contributed by atoms with Gasteiger partial charge in [0, 0.05) is 22.6 Å². The molecule has 0 aliphatic heterocycles. The van der Waals surface area contributed by atoms with Crippen molar-refractivity contribution in [2.45, 2.75) is 24.8 Å². The van der Waals surface area contributed by atoms with Gasteiger partial charge in [-0.25, -0.2) is 9.97 Å². The molecule has 0 bridgehead atoms. The molecule has 0 saturated carbocycles. The minimum absolute atomic E-state index is 0.209. The highest BCUT2D eigenvalue weighted by Crippen LogP contribution is 2.32. The minimum Gasteiger partial charge on any atom is -0.396 e. The fraction of sp³-hybridized carbons (Fsp3) is 0.455. The lowest BCUT2D eigenvalue weighted by Crippen LogP contribution is -1.96. The summed E-state index contributed by atoms with van der Waals surface area (Å²) in [5.74, 6) is 1.17. The Labute approximate surface area is 108 Å². The second kappa shape index (κ2) is 5.66. The van der Waals surface area contributed by atoms with Crippen LogP contribution in [0.1, 0.15) is 18.2 Å². The molecule has 3 N–H and O–H groups in total. The number of hydrogen-bond donors (Lipinski definition) is 2. The lowest BCUT2D eigenvalue weighted by atomic mass is 10.3. The molecule has 0 spiro atoms. The standard InChI is InChI=1S/C11H15N3OS2/c1-2-7-6-8-9(16-5-3-4-15)13-11(12)14-10(8)17-7/h6,15H,2-5H2,1H3,(H2,12,13,14). The number of aliphatic hydroxyl groups excluding tert-OH is 1. The number of aromatic nitrogens is 2. The van der Waals surface area contributed by atoms with Gasteiger partial charge in [0.05, 0.1) is 0 Å². The number of thiophene rings is 1. The Bertz CT molecular complexity index is 513. The minimum atomic E-state index is 0.209. The van der Waals surface area contributed by atoms with Crippen LogP contribution in [0.15, 0.2) is 11.1 Å². The predicted octanol–water partition coefficient (Wildman–Crippen LogP) is 2.31. The normalized spacial score (nSPS) is 11.2. The molecule has 2 heterocycles. The summed E-state index contributed by atoms with van der Waals surface area (Å²) in [6.07, 6.45) is 1.77. The maximum atomic E-state index is 8.79. The van der Waals surface area contributed by atoms with E-state index in [0.29, 0.717) is 5.95 Å². The summed E-state index contributed by atoms with van der Waals surface area (Å²) < 4.78 is 0. The quantitative estimate of drug-likeness (QED) is 0.495. The molecule has 0 saturated heterocycles. The molecule has 0 unspecified atom stereocenters. The highest BCUT2D eigenvalue weighted by Gasteiger charge is 2.10. The smallest absolute Gasteiger partial charge is 0.222 e. The van der Waals surface area contributed by atoms with E-state index in [2.05, 4.69) is 23.0 Å². The van der Waals surface area contributed by atoms with E-state index in [1.807, 2.05) is 0 Å². The van der Waals surface area contributed by atoms with E-state index >= 15 is 0 Å². The summed E-state index contributed by atoms with van der Waals surface area (Å²) in [5.41, 5.74) is 5.70. The molecule has 0 fully saturated rings. The lowest BCUT2D eigenvalue weighted by Gasteiger charge is -2.02. The average Bonchev–Trinajstić information content (AvgIpc) is 2.72. The van der Waals surface area contributed by atoms with Crippen molar-refractivity contribution in [3.8, 4) is 0 Å². The first-order valence-corrected chi connectivity index (χ1v) is 7.34. The van der Waals surface area contributed by atoms with Gasteiger partial charge in [-0.05, 0) is 18.9 Å². The van der Waals surface area contributed by atoms with Crippen LogP contribution in [0.25, 0.3) is 10.2 Å². The molecule has 0 amide bonds. The fourth-order valence-corrected chi connectivity index (χ4v) is 3.45. The Morgan fingerprint density at radius 3 is 3.00 bits per heavy atom. The van der Waals surface area contributed by atoms with Crippen molar-refractivity contribution in [3.63, 3.8) is 0 Å². The number of fused-ring (bicyclic) bond motifs is 1. The number of aryl methyl sites for hydroxylation is 1. The van der Waals surface area contributed by atoms with Crippen molar-refractivity contribution in [3.05, 3.63) is 10.9 Å². The van der Waals surface area contributed by atoms with Crippen molar-refractivity contribution in [1.82, 2.24) is 9.97 Å². The lowest BCUT2D eigenvalue weighted by molar-refractivity contribution is 0.296. The third-order valence-electron chi connectivity index (χ3n) is 2.32. The van der Waals surface area contributed by atoms with Crippen LogP contribution in [-0.2, 0) is 6.42 Å². The Balaban J connectivity index is 2.34. The second-order valence-corrected chi connectivity index (χ2v) is 5.80. The van der Waals surface area contributed by atoms with Crippen molar-refractivity contribution >= 4 is 39.3 Å². The summed E-state index contributed by atoms with van der Waals surface area (Å²) in [6, 6.07) is 2.14. The summed E-state index contributed by atoms with van der Waals surface area (Å²) in [7, 11) is 0. The van der Waals surface area contributed by atoms with Crippen molar-refractivity contribution in [2.75, 3.05) is 18.1 Å². The summed E-state index contributed by atoms with van der Waals surface area (Å²) in [6.45, 7) is 2.33. The van der Waals surface area contributed by atoms with Gasteiger partial charge in [-0.1, -0.05) is 6.92 Å². The first kappa shape index (κ1) is 12.6. The zero-order chi connectivity index (χ0) is 12.3. The molecule has 0 aromatic carbocycles. The van der Waals surface area contributed by atoms with Crippen molar-refractivity contribution < 1.29 is 5.11 Å².